The average Bonchev–Trinajstić information content (AvgIpc) is 2.22. The highest BCUT2D eigenvalue weighted by molar-refractivity contribution is 5.24. The maximum absolute atomic E-state index is 9.68. The summed E-state index contributed by atoms with van der Waals surface area (Å²) in [5.74, 6) is 0.336. The Morgan fingerprint density at radius 2 is 2.07 bits per heavy atom. The van der Waals surface area contributed by atoms with Gasteiger partial charge in [-0.05, 0) is 31.4 Å². The van der Waals surface area contributed by atoms with Crippen LogP contribution in [0.3, 0.4) is 0 Å². The molecule has 15 heavy (non-hydrogen) atoms. The molecule has 0 amide bonds. The summed E-state index contributed by atoms with van der Waals surface area (Å²) in [5, 5.41) is 9.68. The summed E-state index contributed by atoms with van der Waals surface area (Å²) in [4.78, 5) is 4.25. The van der Waals surface area contributed by atoms with Crippen molar-refractivity contribution >= 4 is 0 Å². The molecule has 0 atom stereocenters. The fourth-order valence-corrected chi connectivity index (χ4v) is 2.35. The van der Waals surface area contributed by atoms with Gasteiger partial charge in [0.05, 0.1) is 20.1 Å². The number of quaternary nitrogens is 1. The molecule has 3 heteroatoms. The Labute approximate surface area is 91.0 Å². The third-order valence-corrected chi connectivity index (χ3v) is 3.29. The molecule has 1 N–H and O–H groups in total. The van der Waals surface area contributed by atoms with Crippen molar-refractivity contribution in [1.82, 2.24) is 4.98 Å². The molecule has 0 aromatic carbocycles. The van der Waals surface area contributed by atoms with Crippen LogP contribution in [0.15, 0.2) is 18.3 Å². The molecule has 1 aromatic rings. The Kier molecular flexibility index (Phi) is 2.91. The lowest BCUT2D eigenvalue weighted by atomic mass is 10.1. The quantitative estimate of drug-likeness (QED) is 0.752. The Morgan fingerprint density at radius 1 is 1.33 bits per heavy atom. The molecule has 0 aliphatic carbocycles. The van der Waals surface area contributed by atoms with E-state index in [-0.39, 0.29) is 0 Å². The van der Waals surface area contributed by atoms with Crippen molar-refractivity contribution in [3.8, 4) is 5.75 Å². The number of piperidine rings is 1. The molecular weight excluding hydrogens is 188 g/mol. The van der Waals surface area contributed by atoms with E-state index in [1.54, 1.807) is 18.3 Å². The maximum atomic E-state index is 9.68. The van der Waals surface area contributed by atoms with E-state index in [1.165, 1.54) is 32.4 Å². The van der Waals surface area contributed by atoms with E-state index in [9.17, 15) is 5.11 Å². The minimum atomic E-state index is 0.336. The van der Waals surface area contributed by atoms with Crippen LogP contribution in [0.5, 0.6) is 5.75 Å². The van der Waals surface area contributed by atoms with Gasteiger partial charge < -0.3 is 9.59 Å². The van der Waals surface area contributed by atoms with Crippen LogP contribution in [0.4, 0.5) is 0 Å². The summed E-state index contributed by atoms with van der Waals surface area (Å²) in [5.41, 5.74) is 0.835. The average molecular weight is 207 g/mol. The number of hydrogen-bond acceptors (Lipinski definition) is 2. The lowest BCUT2D eigenvalue weighted by molar-refractivity contribution is -0.927. The monoisotopic (exact) mass is 207 g/mol. The number of aromatic hydroxyl groups is 1. The van der Waals surface area contributed by atoms with E-state index in [0.717, 1.165) is 16.7 Å². The Morgan fingerprint density at radius 3 is 2.73 bits per heavy atom. The third-order valence-electron chi connectivity index (χ3n) is 3.29. The first-order valence-electron chi connectivity index (χ1n) is 5.66. The molecule has 1 aliphatic rings. The van der Waals surface area contributed by atoms with Crippen molar-refractivity contribution in [3.63, 3.8) is 0 Å². The molecule has 0 unspecified atom stereocenters. The van der Waals surface area contributed by atoms with Crippen molar-refractivity contribution in [2.75, 3.05) is 20.1 Å². The van der Waals surface area contributed by atoms with Crippen LogP contribution < -0.4 is 0 Å². The van der Waals surface area contributed by atoms with Gasteiger partial charge in [-0.2, -0.15) is 0 Å². The number of nitrogens with zero attached hydrogens (tertiary/aromatic N) is 2. The lowest BCUT2D eigenvalue weighted by Gasteiger charge is -2.37. The molecule has 0 spiro atoms. The normalized spacial score (nSPS) is 20.1. The molecule has 1 saturated heterocycles. The van der Waals surface area contributed by atoms with Gasteiger partial charge in [0.25, 0.3) is 0 Å². The standard InChI is InChI=1S/C12H18N2O/c1-14(8-3-2-4-9-14)10-11-12(15)6-5-7-13-11/h5-7H,2-4,8-10H2,1H3/p+1. The second kappa shape index (κ2) is 4.19. The number of pyridine rings is 1. The molecule has 0 bridgehead atoms. The van der Waals surface area contributed by atoms with Gasteiger partial charge in [-0.3, -0.25) is 4.98 Å². The first-order valence-corrected chi connectivity index (χ1v) is 5.66. The van der Waals surface area contributed by atoms with E-state index in [2.05, 4.69) is 12.0 Å². The zero-order chi connectivity index (χ0) is 10.7. The number of rotatable bonds is 2. The number of likely N-dealkylation sites (tertiary alicyclic amines) is 1. The van der Waals surface area contributed by atoms with Crippen LogP contribution >= 0.6 is 0 Å². The molecule has 2 rings (SSSR count). The fourth-order valence-electron chi connectivity index (χ4n) is 2.35. The fraction of sp³-hybridized carbons (Fsp3) is 0.583. The second-order valence-corrected chi connectivity index (χ2v) is 4.75. The van der Waals surface area contributed by atoms with Gasteiger partial charge in [-0.15, -0.1) is 0 Å². The van der Waals surface area contributed by atoms with E-state index >= 15 is 0 Å². The molecule has 0 radical (unpaired) electrons. The highest BCUT2D eigenvalue weighted by Gasteiger charge is 2.26. The summed E-state index contributed by atoms with van der Waals surface area (Å²) in [6.45, 7) is 3.26. The summed E-state index contributed by atoms with van der Waals surface area (Å²) >= 11 is 0. The Bertz CT molecular complexity index is 332. The molecule has 1 aromatic heterocycles. The third kappa shape index (κ3) is 2.48. The molecular formula is C12H19N2O+. The highest BCUT2D eigenvalue weighted by Crippen LogP contribution is 2.23. The Hall–Kier alpha value is -1.09. The molecule has 1 aliphatic heterocycles. The number of hydrogen-bond donors (Lipinski definition) is 1. The minimum absolute atomic E-state index is 0.336. The largest absolute Gasteiger partial charge is 0.506 e. The van der Waals surface area contributed by atoms with Crippen molar-refractivity contribution in [3.05, 3.63) is 24.0 Å². The van der Waals surface area contributed by atoms with Crippen molar-refractivity contribution < 1.29 is 9.59 Å². The van der Waals surface area contributed by atoms with E-state index in [1.807, 2.05) is 0 Å². The number of aromatic nitrogens is 1. The van der Waals surface area contributed by atoms with Gasteiger partial charge in [-0.25, -0.2) is 0 Å². The van der Waals surface area contributed by atoms with Gasteiger partial charge in [0.15, 0.2) is 0 Å². The van der Waals surface area contributed by atoms with E-state index in [4.69, 9.17) is 0 Å². The summed E-state index contributed by atoms with van der Waals surface area (Å²) < 4.78 is 1.02. The molecule has 82 valence electrons. The second-order valence-electron chi connectivity index (χ2n) is 4.75. The SMILES string of the molecule is C[N+]1(Cc2ncccc2O)CCCCC1. The van der Waals surface area contributed by atoms with Gasteiger partial charge in [0, 0.05) is 6.20 Å². The molecule has 0 saturated carbocycles. The van der Waals surface area contributed by atoms with Gasteiger partial charge in [-0.1, -0.05) is 0 Å². The van der Waals surface area contributed by atoms with E-state index < -0.39 is 0 Å². The van der Waals surface area contributed by atoms with Gasteiger partial charge >= 0.3 is 0 Å². The Balaban J connectivity index is 2.10. The van der Waals surface area contributed by atoms with Crippen LogP contribution in [0.2, 0.25) is 0 Å². The predicted octanol–water partition coefficient (Wildman–Crippen LogP) is 1.92. The van der Waals surface area contributed by atoms with Crippen LogP contribution in [-0.2, 0) is 6.54 Å². The van der Waals surface area contributed by atoms with Crippen LogP contribution in [0, 0.1) is 0 Å². The summed E-state index contributed by atoms with van der Waals surface area (Å²) in [7, 11) is 2.26. The zero-order valence-electron chi connectivity index (χ0n) is 9.32. The van der Waals surface area contributed by atoms with Gasteiger partial charge in [0.2, 0.25) is 0 Å². The van der Waals surface area contributed by atoms with Gasteiger partial charge in [0.1, 0.15) is 18.0 Å². The first kappa shape index (κ1) is 10.4. The molecule has 2 heterocycles. The van der Waals surface area contributed by atoms with Crippen molar-refractivity contribution in [2.24, 2.45) is 0 Å². The molecule has 1 fully saturated rings. The highest BCUT2D eigenvalue weighted by atomic mass is 16.3. The van der Waals surface area contributed by atoms with E-state index in [0.29, 0.717) is 5.75 Å². The predicted molar refractivity (Wildman–Crippen MR) is 59.4 cm³/mol. The lowest BCUT2D eigenvalue weighted by Crippen LogP contribution is -2.47. The first-order chi connectivity index (χ1) is 7.20. The maximum Gasteiger partial charge on any atom is 0.142 e. The van der Waals surface area contributed by atoms with Crippen LogP contribution in [0.25, 0.3) is 0 Å². The van der Waals surface area contributed by atoms with Crippen LogP contribution in [0.1, 0.15) is 25.0 Å². The minimum Gasteiger partial charge on any atom is -0.506 e. The van der Waals surface area contributed by atoms with Crippen molar-refractivity contribution in [1.29, 1.82) is 0 Å². The van der Waals surface area contributed by atoms with Crippen LogP contribution in [-0.4, -0.2) is 34.7 Å². The molecule has 3 nitrogen and oxygen atoms in total. The van der Waals surface area contributed by atoms with Crippen molar-refractivity contribution in [2.45, 2.75) is 25.8 Å². The summed E-state index contributed by atoms with van der Waals surface area (Å²) in [6, 6.07) is 3.49. The zero-order valence-corrected chi connectivity index (χ0v) is 9.32. The smallest absolute Gasteiger partial charge is 0.142 e. The summed E-state index contributed by atoms with van der Waals surface area (Å²) in [6.07, 6.45) is 5.70. The topological polar surface area (TPSA) is 33.1 Å².